The number of nitrogens with zero attached hydrogens (tertiary/aromatic N) is 3. The Kier molecular flexibility index (Phi) is 6.85. The van der Waals surface area contributed by atoms with E-state index in [1.54, 1.807) is 12.1 Å². The third kappa shape index (κ3) is 5.77. The Bertz CT molecular complexity index is 510. The standard InChI is InChI=1S/C21H34FN3/c1-23-13-10-21(11-14-23)24(2)16-19-4-3-12-25(17-19)15-9-18-5-7-20(22)8-6-18/h5-8,19,21H,3-4,9-17H2,1-2H3/t19-/m1/s1. The van der Waals surface area contributed by atoms with E-state index in [-0.39, 0.29) is 5.82 Å². The van der Waals surface area contributed by atoms with Crippen LogP contribution in [0.3, 0.4) is 0 Å². The van der Waals surface area contributed by atoms with Crippen LogP contribution in [0.2, 0.25) is 0 Å². The zero-order chi connectivity index (χ0) is 17.6. The number of piperidine rings is 2. The van der Waals surface area contributed by atoms with Gasteiger partial charge in [0, 0.05) is 25.7 Å². The highest BCUT2D eigenvalue weighted by atomic mass is 19.1. The summed E-state index contributed by atoms with van der Waals surface area (Å²) in [7, 11) is 4.56. The first kappa shape index (κ1) is 18.8. The fourth-order valence-electron chi connectivity index (χ4n) is 4.43. The Morgan fingerprint density at radius 2 is 1.80 bits per heavy atom. The second kappa shape index (κ2) is 9.11. The van der Waals surface area contributed by atoms with E-state index in [9.17, 15) is 4.39 Å². The Hall–Kier alpha value is -0.970. The van der Waals surface area contributed by atoms with E-state index in [0.29, 0.717) is 0 Å². The van der Waals surface area contributed by atoms with Gasteiger partial charge in [0.1, 0.15) is 5.82 Å². The molecule has 1 atom stereocenters. The Morgan fingerprint density at radius 1 is 1.08 bits per heavy atom. The molecule has 0 aromatic heterocycles. The van der Waals surface area contributed by atoms with Crippen LogP contribution in [0.1, 0.15) is 31.2 Å². The summed E-state index contributed by atoms with van der Waals surface area (Å²) in [6.45, 7) is 7.25. The molecule has 0 aliphatic carbocycles. The SMILES string of the molecule is CN1CCC(N(C)C[C@H]2CCCN(CCc3ccc(F)cc3)C2)CC1. The minimum atomic E-state index is -0.140. The number of likely N-dealkylation sites (tertiary alicyclic amines) is 2. The third-order valence-electron chi connectivity index (χ3n) is 6.09. The summed E-state index contributed by atoms with van der Waals surface area (Å²) in [4.78, 5) is 7.68. The number of benzene rings is 1. The average Bonchev–Trinajstić information content (AvgIpc) is 2.62. The van der Waals surface area contributed by atoms with Gasteiger partial charge >= 0.3 is 0 Å². The molecule has 4 heteroatoms. The lowest BCUT2D eigenvalue weighted by Gasteiger charge is -2.39. The van der Waals surface area contributed by atoms with Gasteiger partial charge in [0.15, 0.2) is 0 Å². The van der Waals surface area contributed by atoms with Gasteiger partial charge in [-0.3, -0.25) is 0 Å². The highest BCUT2D eigenvalue weighted by Gasteiger charge is 2.25. The van der Waals surface area contributed by atoms with Crippen molar-refractivity contribution in [3.63, 3.8) is 0 Å². The summed E-state index contributed by atoms with van der Waals surface area (Å²) in [6, 6.07) is 7.76. The van der Waals surface area contributed by atoms with E-state index < -0.39 is 0 Å². The summed E-state index contributed by atoms with van der Waals surface area (Å²) in [5.74, 6) is 0.658. The maximum atomic E-state index is 13.0. The second-order valence-corrected chi connectivity index (χ2v) is 8.16. The van der Waals surface area contributed by atoms with E-state index in [1.165, 1.54) is 64.0 Å². The van der Waals surface area contributed by atoms with Crippen molar-refractivity contribution in [3.8, 4) is 0 Å². The quantitative estimate of drug-likeness (QED) is 0.783. The molecule has 0 amide bonds. The van der Waals surface area contributed by atoms with Crippen LogP contribution in [-0.2, 0) is 6.42 Å². The van der Waals surface area contributed by atoms with Crippen molar-refractivity contribution < 1.29 is 4.39 Å². The van der Waals surface area contributed by atoms with Gasteiger partial charge in [-0.1, -0.05) is 12.1 Å². The molecule has 140 valence electrons. The van der Waals surface area contributed by atoms with Crippen molar-refractivity contribution in [1.82, 2.24) is 14.7 Å². The zero-order valence-corrected chi connectivity index (χ0v) is 16.0. The smallest absolute Gasteiger partial charge is 0.123 e. The molecular formula is C21H34FN3. The van der Waals surface area contributed by atoms with Crippen molar-refractivity contribution in [2.75, 3.05) is 53.4 Å². The number of hydrogen-bond donors (Lipinski definition) is 0. The van der Waals surface area contributed by atoms with Crippen molar-refractivity contribution in [1.29, 1.82) is 0 Å². The van der Waals surface area contributed by atoms with E-state index in [2.05, 4.69) is 28.8 Å². The van der Waals surface area contributed by atoms with Crippen LogP contribution >= 0.6 is 0 Å². The monoisotopic (exact) mass is 347 g/mol. The van der Waals surface area contributed by atoms with Gasteiger partial charge < -0.3 is 14.7 Å². The molecule has 0 radical (unpaired) electrons. The molecule has 1 aromatic rings. The molecule has 3 nitrogen and oxygen atoms in total. The van der Waals surface area contributed by atoms with E-state index in [0.717, 1.165) is 24.9 Å². The molecule has 3 rings (SSSR count). The number of halogens is 1. The summed E-state index contributed by atoms with van der Waals surface area (Å²) in [5, 5.41) is 0. The van der Waals surface area contributed by atoms with Crippen LogP contribution in [0.15, 0.2) is 24.3 Å². The molecule has 0 unspecified atom stereocenters. The van der Waals surface area contributed by atoms with Crippen LogP contribution in [0.5, 0.6) is 0 Å². The Balaban J connectivity index is 1.42. The van der Waals surface area contributed by atoms with Crippen LogP contribution < -0.4 is 0 Å². The van der Waals surface area contributed by atoms with E-state index in [4.69, 9.17) is 0 Å². The van der Waals surface area contributed by atoms with Crippen molar-refractivity contribution in [2.45, 2.75) is 38.1 Å². The molecule has 25 heavy (non-hydrogen) atoms. The minimum Gasteiger partial charge on any atom is -0.306 e. The molecule has 2 fully saturated rings. The normalized spacial score (nSPS) is 24.1. The first-order valence-electron chi connectivity index (χ1n) is 9.96. The first-order chi connectivity index (χ1) is 12.1. The zero-order valence-electron chi connectivity index (χ0n) is 16.0. The highest BCUT2D eigenvalue weighted by Crippen LogP contribution is 2.21. The molecule has 0 saturated carbocycles. The van der Waals surface area contributed by atoms with Crippen molar-refractivity contribution in [3.05, 3.63) is 35.6 Å². The molecule has 2 aliphatic heterocycles. The molecule has 0 N–H and O–H groups in total. The predicted octanol–water partition coefficient (Wildman–Crippen LogP) is 3.11. The highest BCUT2D eigenvalue weighted by molar-refractivity contribution is 5.16. The van der Waals surface area contributed by atoms with Crippen molar-refractivity contribution >= 4 is 0 Å². The second-order valence-electron chi connectivity index (χ2n) is 8.16. The fourth-order valence-corrected chi connectivity index (χ4v) is 4.43. The maximum absolute atomic E-state index is 13.0. The van der Waals surface area contributed by atoms with Gasteiger partial charge in [0.2, 0.25) is 0 Å². The summed E-state index contributed by atoms with van der Waals surface area (Å²) < 4.78 is 13.0. The molecule has 2 saturated heterocycles. The molecule has 2 aliphatic rings. The predicted molar refractivity (Wildman–Crippen MR) is 102 cm³/mol. The molecule has 0 bridgehead atoms. The van der Waals surface area contributed by atoms with Crippen LogP contribution in [0.25, 0.3) is 0 Å². The molecule has 2 heterocycles. The van der Waals surface area contributed by atoms with Gasteiger partial charge in [-0.25, -0.2) is 4.39 Å². The minimum absolute atomic E-state index is 0.140. The molecule has 1 aromatic carbocycles. The fraction of sp³-hybridized carbons (Fsp3) is 0.714. The van der Waals surface area contributed by atoms with Crippen LogP contribution in [-0.4, -0.2) is 74.1 Å². The van der Waals surface area contributed by atoms with Crippen LogP contribution in [0, 0.1) is 11.7 Å². The van der Waals surface area contributed by atoms with E-state index >= 15 is 0 Å². The van der Waals surface area contributed by atoms with Gasteiger partial charge in [-0.05, 0) is 89.4 Å². The third-order valence-corrected chi connectivity index (χ3v) is 6.09. The summed E-state index contributed by atoms with van der Waals surface area (Å²) in [5.41, 5.74) is 1.24. The van der Waals surface area contributed by atoms with E-state index in [1.807, 2.05) is 12.1 Å². The van der Waals surface area contributed by atoms with Crippen molar-refractivity contribution in [2.24, 2.45) is 5.92 Å². The van der Waals surface area contributed by atoms with Gasteiger partial charge in [-0.2, -0.15) is 0 Å². The van der Waals surface area contributed by atoms with Gasteiger partial charge in [0.05, 0.1) is 0 Å². The maximum Gasteiger partial charge on any atom is 0.123 e. The molecular weight excluding hydrogens is 313 g/mol. The average molecular weight is 348 g/mol. The summed E-state index contributed by atoms with van der Waals surface area (Å²) in [6.07, 6.45) is 6.33. The van der Waals surface area contributed by atoms with Gasteiger partial charge in [-0.15, -0.1) is 0 Å². The van der Waals surface area contributed by atoms with Crippen LogP contribution in [0.4, 0.5) is 4.39 Å². The van der Waals surface area contributed by atoms with Gasteiger partial charge in [0.25, 0.3) is 0 Å². The lowest BCUT2D eigenvalue weighted by atomic mass is 9.95. The number of rotatable bonds is 6. The molecule has 0 spiro atoms. The Morgan fingerprint density at radius 3 is 2.52 bits per heavy atom. The first-order valence-corrected chi connectivity index (χ1v) is 9.96. The Labute approximate surface area is 152 Å². The lowest BCUT2D eigenvalue weighted by Crippen LogP contribution is -2.46. The largest absolute Gasteiger partial charge is 0.306 e. The topological polar surface area (TPSA) is 9.72 Å². The summed E-state index contributed by atoms with van der Waals surface area (Å²) >= 11 is 0. The number of hydrogen-bond acceptors (Lipinski definition) is 3. The lowest BCUT2D eigenvalue weighted by molar-refractivity contribution is 0.0973.